The van der Waals surface area contributed by atoms with Crippen LogP contribution in [0.1, 0.15) is 76.0 Å². The van der Waals surface area contributed by atoms with Crippen LogP contribution in [0.2, 0.25) is 0 Å². The number of aryl methyl sites for hydroxylation is 4. The zero-order valence-electron chi connectivity index (χ0n) is 19.0. The lowest BCUT2D eigenvalue weighted by Crippen LogP contribution is -2.22. The topological polar surface area (TPSA) is 38.8 Å². The van der Waals surface area contributed by atoms with Crippen molar-refractivity contribution in [1.29, 1.82) is 0 Å². The second kappa shape index (κ2) is 8.47. The Labute approximate surface area is 184 Å². The number of carbonyl (C=O) groups is 1. The van der Waals surface area contributed by atoms with Gasteiger partial charge in [-0.05, 0) is 79.2 Å². The molecule has 3 nitrogen and oxygen atoms in total. The minimum Gasteiger partial charge on any atom is -0.490 e. The van der Waals surface area contributed by atoms with Crippen molar-refractivity contribution < 1.29 is 14.3 Å². The van der Waals surface area contributed by atoms with Gasteiger partial charge in [-0.3, -0.25) is 4.79 Å². The molecule has 0 saturated carbocycles. The third-order valence-electron chi connectivity index (χ3n) is 6.46. The Morgan fingerprint density at radius 1 is 1.23 bits per heavy atom. The normalized spacial score (nSPS) is 19.4. The number of carbonyl (C=O) groups excluding carboxylic acids is 1. The van der Waals surface area contributed by atoms with Gasteiger partial charge in [0.15, 0.2) is 5.78 Å². The molecule has 0 radical (unpaired) electrons. The molecule has 0 amide bonds. The summed E-state index contributed by atoms with van der Waals surface area (Å²) in [6.45, 7) is 12.5. The molecule has 4 heteroatoms. The van der Waals surface area contributed by atoms with Crippen LogP contribution in [0.25, 0.3) is 0 Å². The lowest BCUT2D eigenvalue weighted by Gasteiger charge is -2.30. The summed E-state index contributed by atoms with van der Waals surface area (Å²) in [4.78, 5) is 15.6. The zero-order chi connectivity index (χ0) is 21.5. The number of hydrogen-bond acceptors (Lipinski definition) is 4. The maximum absolute atomic E-state index is 13.2. The third kappa shape index (κ3) is 4.65. The number of hydrogen-bond donors (Lipinski definition) is 0. The molecule has 0 N–H and O–H groups in total. The fourth-order valence-corrected chi connectivity index (χ4v) is 5.96. The highest BCUT2D eigenvalue weighted by molar-refractivity contribution is 7.14. The van der Waals surface area contributed by atoms with Gasteiger partial charge in [0.25, 0.3) is 0 Å². The number of ketones is 1. The number of ether oxygens (including phenoxy) is 2. The van der Waals surface area contributed by atoms with Crippen LogP contribution in [0.15, 0.2) is 12.1 Å². The lowest BCUT2D eigenvalue weighted by molar-refractivity contribution is 0.0985. The van der Waals surface area contributed by atoms with E-state index in [1.165, 1.54) is 28.0 Å². The molecule has 1 aromatic heterocycles. The molecule has 162 valence electrons. The number of rotatable bonds is 8. The number of benzene rings is 1. The Balaban J connectivity index is 1.45. The zero-order valence-corrected chi connectivity index (χ0v) is 19.8. The van der Waals surface area contributed by atoms with Gasteiger partial charge in [0.2, 0.25) is 0 Å². The summed E-state index contributed by atoms with van der Waals surface area (Å²) in [6, 6.07) is 4.35. The molecule has 1 aliphatic carbocycles. The number of epoxide rings is 1. The van der Waals surface area contributed by atoms with Crippen molar-refractivity contribution in [3.63, 3.8) is 0 Å². The molecule has 4 rings (SSSR count). The van der Waals surface area contributed by atoms with E-state index in [-0.39, 0.29) is 6.10 Å². The summed E-state index contributed by atoms with van der Waals surface area (Å²) >= 11 is 1.76. The Hall–Kier alpha value is -1.65. The largest absolute Gasteiger partial charge is 0.490 e. The standard InChI is InChI=1S/C26H34O3S/c1-6-23-21-13-26(4,5)10-9-20(21)25(30-23)22(27)8-7-18-11-16(2)24(17(3)12-18)29-15-19-14-28-19/h11-12,19H,6-10,13-15H2,1-5H3. The summed E-state index contributed by atoms with van der Waals surface area (Å²) in [6.07, 6.45) is 5.99. The van der Waals surface area contributed by atoms with Crippen LogP contribution in [0.5, 0.6) is 5.75 Å². The first kappa shape index (κ1) is 21.6. The van der Waals surface area contributed by atoms with Crippen LogP contribution in [-0.4, -0.2) is 25.1 Å². The van der Waals surface area contributed by atoms with Crippen molar-refractivity contribution in [2.75, 3.05) is 13.2 Å². The molecule has 1 fully saturated rings. The monoisotopic (exact) mass is 426 g/mol. The molecule has 0 bridgehead atoms. The van der Waals surface area contributed by atoms with Gasteiger partial charge in [-0.15, -0.1) is 11.3 Å². The van der Waals surface area contributed by atoms with E-state index in [0.717, 1.165) is 54.0 Å². The molecule has 0 spiro atoms. The SMILES string of the molecule is CCc1sc(C(=O)CCc2cc(C)c(OCC3CO3)c(C)c2)c2c1CC(C)(C)CC2. The molecule has 1 atom stereocenters. The molecular weight excluding hydrogens is 392 g/mol. The van der Waals surface area contributed by atoms with E-state index in [1.807, 2.05) is 0 Å². The number of fused-ring (bicyclic) bond motifs is 1. The number of thiophene rings is 1. The van der Waals surface area contributed by atoms with Gasteiger partial charge >= 0.3 is 0 Å². The van der Waals surface area contributed by atoms with Gasteiger partial charge in [0, 0.05) is 11.3 Å². The molecule has 1 saturated heterocycles. The third-order valence-corrected chi connectivity index (χ3v) is 7.92. The van der Waals surface area contributed by atoms with Crippen molar-refractivity contribution in [2.24, 2.45) is 5.41 Å². The van der Waals surface area contributed by atoms with Gasteiger partial charge < -0.3 is 9.47 Å². The van der Waals surface area contributed by atoms with Crippen molar-refractivity contribution in [3.05, 3.63) is 49.7 Å². The summed E-state index contributed by atoms with van der Waals surface area (Å²) in [5, 5.41) is 0. The van der Waals surface area contributed by atoms with Gasteiger partial charge in [-0.25, -0.2) is 0 Å². The van der Waals surface area contributed by atoms with Crippen LogP contribution >= 0.6 is 11.3 Å². The van der Waals surface area contributed by atoms with Gasteiger partial charge in [0.1, 0.15) is 18.5 Å². The smallest absolute Gasteiger partial charge is 0.173 e. The highest BCUT2D eigenvalue weighted by Gasteiger charge is 2.31. The molecule has 1 aromatic carbocycles. The second-order valence-electron chi connectivity index (χ2n) is 9.75. The Morgan fingerprint density at radius 2 is 1.93 bits per heavy atom. The van der Waals surface area contributed by atoms with Gasteiger partial charge in [-0.1, -0.05) is 32.9 Å². The Bertz CT molecular complexity index is 926. The minimum atomic E-state index is 0.261. The van der Waals surface area contributed by atoms with Crippen LogP contribution in [0.4, 0.5) is 0 Å². The van der Waals surface area contributed by atoms with E-state index < -0.39 is 0 Å². The molecule has 2 aliphatic rings. The molecule has 2 heterocycles. The van der Waals surface area contributed by atoms with Crippen LogP contribution in [0.3, 0.4) is 0 Å². The van der Waals surface area contributed by atoms with Crippen molar-refractivity contribution in [1.82, 2.24) is 0 Å². The predicted octanol–water partition coefficient (Wildman–Crippen LogP) is 6.04. The van der Waals surface area contributed by atoms with Crippen molar-refractivity contribution >= 4 is 17.1 Å². The molecule has 1 aliphatic heterocycles. The van der Waals surface area contributed by atoms with Crippen LogP contribution < -0.4 is 4.74 Å². The minimum absolute atomic E-state index is 0.261. The molecule has 2 aromatic rings. The fourth-order valence-electron chi connectivity index (χ4n) is 4.69. The molecule has 30 heavy (non-hydrogen) atoms. The van der Waals surface area contributed by atoms with Gasteiger partial charge in [0.05, 0.1) is 11.5 Å². The summed E-state index contributed by atoms with van der Waals surface area (Å²) < 4.78 is 11.2. The Morgan fingerprint density at radius 3 is 2.57 bits per heavy atom. The van der Waals surface area contributed by atoms with E-state index in [0.29, 0.717) is 24.2 Å². The number of Topliss-reactive ketones (excluding diaryl/α,β-unsaturated/α-hetero) is 1. The summed E-state index contributed by atoms with van der Waals surface area (Å²) in [5.41, 5.74) is 6.69. The van der Waals surface area contributed by atoms with Gasteiger partial charge in [-0.2, -0.15) is 0 Å². The first-order valence-electron chi connectivity index (χ1n) is 11.3. The Kier molecular flexibility index (Phi) is 6.09. The molecular formula is C26H34O3S. The quantitative estimate of drug-likeness (QED) is 0.382. The first-order chi connectivity index (χ1) is 14.3. The average Bonchev–Trinajstić information content (AvgIpc) is 3.44. The fraction of sp³-hybridized carbons (Fsp3) is 0.577. The van der Waals surface area contributed by atoms with E-state index in [1.54, 1.807) is 11.3 Å². The maximum Gasteiger partial charge on any atom is 0.173 e. The first-order valence-corrected chi connectivity index (χ1v) is 12.1. The van der Waals surface area contributed by atoms with E-state index in [9.17, 15) is 4.79 Å². The molecule has 1 unspecified atom stereocenters. The summed E-state index contributed by atoms with van der Waals surface area (Å²) in [5.74, 6) is 1.28. The van der Waals surface area contributed by atoms with Crippen molar-refractivity contribution in [3.8, 4) is 5.75 Å². The average molecular weight is 427 g/mol. The predicted molar refractivity (Wildman–Crippen MR) is 123 cm³/mol. The van der Waals surface area contributed by atoms with Crippen LogP contribution in [-0.2, 0) is 30.4 Å². The highest BCUT2D eigenvalue weighted by Crippen LogP contribution is 2.42. The van der Waals surface area contributed by atoms with E-state index >= 15 is 0 Å². The maximum atomic E-state index is 13.2. The lowest BCUT2D eigenvalue weighted by atomic mass is 9.74. The van der Waals surface area contributed by atoms with E-state index in [4.69, 9.17) is 9.47 Å². The summed E-state index contributed by atoms with van der Waals surface area (Å²) in [7, 11) is 0. The van der Waals surface area contributed by atoms with Crippen molar-refractivity contribution in [2.45, 2.75) is 79.2 Å². The second-order valence-corrected chi connectivity index (χ2v) is 10.9. The highest BCUT2D eigenvalue weighted by atomic mass is 32.1. The van der Waals surface area contributed by atoms with Crippen LogP contribution in [0, 0.1) is 19.3 Å². The van der Waals surface area contributed by atoms with E-state index in [2.05, 4.69) is 46.8 Å².